The zero-order valence-corrected chi connectivity index (χ0v) is 15.0. The number of methoxy groups -OCH3 is 1. The number of anilines is 1. The van der Waals surface area contributed by atoms with Gasteiger partial charge >= 0.3 is 0 Å². The molecule has 2 heterocycles. The predicted octanol–water partition coefficient (Wildman–Crippen LogP) is 3.20. The Kier molecular flexibility index (Phi) is 5.80. The molecule has 0 saturated heterocycles. The number of carbonyl (C=O) groups excluding carboxylic acids is 1. The summed E-state index contributed by atoms with van der Waals surface area (Å²) in [5.41, 5.74) is 2.89. The number of hydrogen-bond acceptors (Lipinski definition) is 6. The molecular weight excluding hydrogens is 323 g/mol. The fraction of sp³-hybridized carbons (Fsp3) is 0.333. The van der Waals surface area contributed by atoms with Gasteiger partial charge in [0.2, 0.25) is 11.8 Å². The molecule has 1 N–H and O–H groups in total. The van der Waals surface area contributed by atoms with Crippen molar-refractivity contribution in [3.05, 3.63) is 40.6 Å². The zero-order valence-electron chi connectivity index (χ0n) is 15.0. The third kappa shape index (κ3) is 4.17. The zero-order chi connectivity index (χ0) is 18.6. The topological polar surface area (TPSA) is 77.0 Å². The van der Waals surface area contributed by atoms with Crippen LogP contribution in [0.25, 0.3) is 11.6 Å². The number of ether oxygens (including phenoxy) is 1. The van der Waals surface area contributed by atoms with Crippen LogP contribution in [0.4, 0.5) is 10.3 Å². The van der Waals surface area contributed by atoms with Gasteiger partial charge in [-0.2, -0.15) is 0 Å². The molecule has 0 aromatic carbocycles. The first-order valence-corrected chi connectivity index (χ1v) is 7.89. The van der Waals surface area contributed by atoms with Gasteiger partial charge in [0, 0.05) is 29.4 Å². The SMILES string of the molecule is CCNc1nc(C)c(/C=C(\C(C)=O)c2cnc(OC)c(F)c2)c(C)n1. The van der Waals surface area contributed by atoms with Crippen LogP contribution in [0.5, 0.6) is 5.88 Å². The van der Waals surface area contributed by atoms with Crippen LogP contribution in [0, 0.1) is 19.7 Å². The number of allylic oxidation sites excluding steroid dienone is 1. The van der Waals surface area contributed by atoms with E-state index >= 15 is 0 Å². The molecule has 0 atom stereocenters. The standard InChI is InChI=1S/C18H21FN4O2/c1-6-20-18-22-10(2)14(11(3)23-18)8-15(12(4)24)13-7-16(19)17(25-5)21-9-13/h7-9H,6H2,1-5H3,(H,20,22,23)/b15-8+. The predicted molar refractivity (Wildman–Crippen MR) is 95.0 cm³/mol. The van der Waals surface area contributed by atoms with Crippen molar-refractivity contribution in [2.45, 2.75) is 27.7 Å². The number of nitrogens with one attached hydrogen (secondary N) is 1. The van der Waals surface area contributed by atoms with Crippen LogP contribution in [0.15, 0.2) is 12.3 Å². The maximum absolute atomic E-state index is 14.0. The van der Waals surface area contributed by atoms with Gasteiger partial charge in [-0.05, 0) is 39.8 Å². The van der Waals surface area contributed by atoms with Gasteiger partial charge in [-0.15, -0.1) is 0 Å². The molecule has 6 nitrogen and oxygen atoms in total. The minimum Gasteiger partial charge on any atom is -0.479 e. The summed E-state index contributed by atoms with van der Waals surface area (Å²) in [7, 11) is 1.34. The quantitative estimate of drug-likeness (QED) is 0.811. The Bertz CT molecular complexity index is 811. The van der Waals surface area contributed by atoms with Crippen LogP contribution in [0.1, 0.15) is 36.4 Å². The molecule has 0 spiro atoms. The van der Waals surface area contributed by atoms with Gasteiger partial charge in [0.15, 0.2) is 11.6 Å². The van der Waals surface area contributed by atoms with Crippen LogP contribution < -0.4 is 10.1 Å². The third-order valence-corrected chi connectivity index (χ3v) is 3.64. The number of carbonyl (C=O) groups is 1. The summed E-state index contributed by atoms with van der Waals surface area (Å²) in [5, 5.41) is 3.06. The normalized spacial score (nSPS) is 11.4. The van der Waals surface area contributed by atoms with Crippen LogP contribution in [0.2, 0.25) is 0 Å². The number of aryl methyl sites for hydroxylation is 2. The van der Waals surface area contributed by atoms with Crippen molar-refractivity contribution in [2.75, 3.05) is 19.0 Å². The monoisotopic (exact) mass is 344 g/mol. The number of aromatic nitrogens is 3. The molecule has 0 unspecified atom stereocenters. The van der Waals surface area contributed by atoms with E-state index in [1.807, 2.05) is 20.8 Å². The highest BCUT2D eigenvalue weighted by molar-refractivity contribution is 6.24. The van der Waals surface area contributed by atoms with Gasteiger partial charge in [-0.1, -0.05) is 0 Å². The first-order valence-electron chi connectivity index (χ1n) is 7.89. The van der Waals surface area contributed by atoms with Crippen molar-refractivity contribution in [2.24, 2.45) is 0 Å². The summed E-state index contributed by atoms with van der Waals surface area (Å²) >= 11 is 0. The highest BCUT2D eigenvalue weighted by Gasteiger charge is 2.15. The second-order valence-electron chi connectivity index (χ2n) is 5.49. The molecule has 0 bridgehead atoms. The van der Waals surface area contributed by atoms with Gasteiger partial charge in [0.25, 0.3) is 0 Å². The minimum atomic E-state index is -0.626. The summed E-state index contributed by atoms with van der Waals surface area (Å²) in [6.45, 7) is 7.77. The Labute approximate surface area is 146 Å². The lowest BCUT2D eigenvalue weighted by Gasteiger charge is -2.11. The highest BCUT2D eigenvalue weighted by Crippen LogP contribution is 2.25. The second-order valence-corrected chi connectivity index (χ2v) is 5.49. The molecule has 7 heteroatoms. The van der Waals surface area contributed by atoms with Gasteiger partial charge in [0.05, 0.1) is 18.5 Å². The molecule has 2 aromatic heterocycles. The molecule has 0 radical (unpaired) electrons. The average Bonchev–Trinajstić information content (AvgIpc) is 2.54. The lowest BCUT2D eigenvalue weighted by molar-refractivity contribution is -0.111. The number of pyridine rings is 1. The van der Waals surface area contributed by atoms with Gasteiger partial charge in [0.1, 0.15) is 0 Å². The molecular formula is C18H21FN4O2. The van der Waals surface area contributed by atoms with E-state index in [0.29, 0.717) is 23.6 Å². The highest BCUT2D eigenvalue weighted by atomic mass is 19.1. The number of hydrogen-bond donors (Lipinski definition) is 1. The summed E-state index contributed by atoms with van der Waals surface area (Å²) < 4.78 is 18.8. The van der Waals surface area contributed by atoms with Crippen LogP contribution in [-0.4, -0.2) is 34.4 Å². The van der Waals surface area contributed by atoms with E-state index in [4.69, 9.17) is 4.74 Å². The van der Waals surface area contributed by atoms with Gasteiger partial charge in [-0.3, -0.25) is 4.79 Å². The van der Waals surface area contributed by atoms with Gasteiger partial charge < -0.3 is 10.1 Å². The average molecular weight is 344 g/mol. The molecule has 25 heavy (non-hydrogen) atoms. The van der Waals surface area contributed by atoms with Crippen LogP contribution in [-0.2, 0) is 4.79 Å². The summed E-state index contributed by atoms with van der Waals surface area (Å²) in [6.07, 6.45) is 3.08. The molecule has 0 aliphatic carbocycles. The Balaban J connectivity index is 2.54. The molecule has 0 amide bonds. The maximum Gasteiger partial charge on any atom is 0.250 e. The van der Waals surface area contributed by atoms with E-state index in [-0.39, 0.29) is 11.7 Å². The van der Waals surface area contributed by atoms with Crippen molar-refractivity contribution in [1.82, 2.24) is 15.0 Å². The van der Waals surface area contributed by atoms with E-state index in [1.165, 1.54) is 26.3 Å². The molecule has 0 saturated carbocycles. The third-order valence-electron chi connectivity index (χ3n) is 3.64. The molecule has 0 aliphatic heterocycles. The maximum atomic E-state index is 14.0. The first kappa shape index (κ1) is 18.5. The summed E-state index contributed by atoms with van der Waals surface area (Å²) in [5.74, 6) is -0.409. The van der Waals surface area contributed by atoms with E-state index in [0.717, 1.165) is 17.0 Å². The fourth-order valence-electron chi connectivity index (χ4n) is 2.43. The van der Waals surface area contributed by atoms with E-state index in [9.17, 15) is 9.18 Å². The van der Waals surface area contributed by atoms with Crippen molar-refractivity contribution < 1.29 is 13.9 Å². The van der Waals surface area contributed by atoms with Gasteiger partial charge in [-0.25, -0.2) is 19.3 Å². The van der Waals surface area contributed by atoms with Crippen molar-refractivity contribution >= 4 is 23.4 Å². The summed E-state index contributed by atoms with van der Waals surface area (Å²) in [4.78, 5) is 24.8. The fourth-order valence-corrected chi connectivity index (χ4v) is 2.43. The number of nitrogens with zero attached hydrogens (tertiary/aromatic N) is 3. The Morgan fingerprint density at radius 1 is 1.32 bits per heavy atom. The minimum absolute atomic E-state index is 0.114. The van der Waals surface area contributed by atoms with E-state index < -0.39 is 5.82 Å². The Hall–Kier alpha value is -2.83. The number of rotatable bonds is 6. The largest absolute Gasteiger partial charge is 0.479 e. The van der Waals surface area contributed by atoms with E-state index in [1.54, 1.807) is 6.08 Å². The molecule has 2 aromatic rings. The summed E-state index contributed by atoms with van der Waals surface area (Å²) in [6, 6.07) is 1.23. The number of ketones is 1. The van der Waals surface area contributed by atoms with Crippen molar-refractivity contribution in [3.8, 4) is 5.88 Å². The number of Topliss-reactive ketones (excluding diaryl/α,β-unsaturated/α-hetero) is 1. The van der Waals surface area contributed by atoms with Crippen LogP contribution in [0.3, 0.4) is 0 Å². The molecule has 2 rings (SSSR count). The van der Waals surface area contributed by atoms with E-state index in [2.05, 4.69) is 20.3 Å². The Morgan fingerprint density at radius 3 is 2.44 bits per heavy atom. The van der Waals surface area contributed by atoms with Crippen molar-refractivity contribution in [3.63, 3.8) is 0 Å². The first-order chi connectivity index (χ1) is 11.9. The smallest absolute Gasteiger partial charge is 0.250 e. The lowest BCUT2D eigenvalue weighted by atomic mass is 10.00. The Morgan fingerprint density at radius 2 is 1.96 bits per heavy atom. The molecule has 0 aliphatic rings. The molecule has 132 valence electrons. The lowest BCUT2D eigenvalue weighted by Crippen LogP contribution is -2.07. The number of halogens is 1. The van der Waals surface area contributed by atoms with Crippen LogP contribution >= 0.6 is 0 Å². The second kappa shape index (κ2) is 7.83. The van der Waals surface area contributed by atoms with Crippen molar-refractivity contribution in [1.29, 1.82) is 0 Å². The molecule has 0 fully saturated rings.